The Morgan fingerprint density at radius 2 is 0.857 bits per heavy atom. The van der Waals surface area contributed by atoms with Gasteiger partial charge in [-0.25, -0.2) is 0 Å². The Balaban J connectivity index is 1.38. The van der Waals surface area contributed by atoms with Gasteiger partial charge in [0.2, 0.25) is 0 Å². The van der Waals surface area contributed by atoms with Gasteiger partial charge in [-0.15, -0.1) is 0 Å². The second-order valence-electron chi connectivity index (χ2n) is 13.4. The van der Waals surface area contributed by atoms with Crippen molar-refractivity contribution in [3.63, 3.8) is 0 Å². The zero-order chi connectivity index (χ0) is 29.4. The van der Waals surface area contributed by atoms with E-state index >= 15 is 0 Å². The van der Waals surface area contributed by atoms with Crippen molar-refractivity contribution in [2.24, 2.45) is 0 Å². The summed E-state index contributed by atoms with van der Waals surface area (Å²) < 4.78 is 24.6. The van der Waals surface area contributed by atoms with Crippen LogP contribution in [-0.2, 0) is 12.8 Å². The van der Waals surface area contributed by atoms with Crippen molar-refractivity contribution in [2.45, 2.75) is 103 Å². The van der Waals surface area contributed by atoms with Crippen LogP contribution in [0.3, 0.4) is 0 Å². The molecule has 0 aliphatic heterocycles. The summed E-state index contributed by atoms with van der Waals surface area (Å²) in [4.78, 5) is 0. The van der Waals surface area contributed by atoms with Crippen LogP contribution in [0.2, 0.25) is 0 Å². The highest BCUT2D eigenvalue weighted by atomic mass is 16.5. The average molecular weight is 567 g/mol. The fourth-order valence-electron chi connectivity index (χ4n) is 9.53. The summed E-state index contributed by atoms with van der Waals surface area (Å²) in [6, 6.07) is 4.56. The van der Waals surface area contributed by atoms with E-state index in [0.717, 1.165) is 35.8 Å². The van der Waals surface area contributed by atoms with Crippen molar-refractivity contribution in [3.05, 3.63) is 78.9 Å². The molecule has 4 atom stereocenters. The summed E-state index contributed by atoms with van der Waals surface area (Å²) in [5, 5.41) is 0. The van der Waals surface area contributed by atoms with Crippen LogP contribution in [0.25, 0.3) is 0 Å². The lowest BCUT2D eigenvalue weighted by atomic mass is 9.81. The van der Waals surface area contributed by atoms with Crippen molar-refractivity contribution in [3.8, 4) is 23.0 Å². The molecule has 0 saturated heterocycles. The molecule has 3 aromatic rings. The van der Waals surface area contributed by atoms with Gasteiger partial charge in [0.25, 0.3) is 0 Å². The van der Waals surface area contributed by atoms with Gasteiger partial charge in [0.05, 0.1) is 28.4 Å². The fourth-order valence-corrected chi connectivity index (χ4v) is 9.53. The predicted octanol–water partition coefficient (Wildman–Crippen LogP) is 8.87. The molecule has 4 heteroatoms. The molecule has 0 radical (unpaired) electrons. The fraction of sp³-hybridized carbons (Fsp3) is 0.526. The number of benzene rings is 3. The zero-order valence-electron chi connectivity index (χ0n) is 26.8. The summed E-state index contributed by atoms with van der Waals surface area (Å²) in [6.07, 6.45) is 9.17. The molecule has 4 nitrogen and oxygen atoms in total. The lowest BCUT2D eigenvalue weighted by Crippen LogP contribution is -2.12. The number of rotatable bonds is 8. The molecule has 222 valence electrons. The van der Waals surface area contributed by atoms with Gasteiger partial charge < -0.3 is 18.9 Å². The van der Waals surface area contributed by atoms with E-state index in [1.54, 1.807) is 0 Å². The molecule has 3 aromatic carbocycles. The Kier molecular flexibility index (Phi) is 6.75. The maximum absolute atomic E-state index is 6.25. The maximum atomic E-state index is 6.25. The van der Waals surface area contributed by atoms with Gasteiger partial charge in [0.1, 0.15) is 23.0 Å². The lowest BCUT2D eigenvalue weighted by Gasteiger charge is -2.27. The molecule has 4 aliphatic rings. The summed E-state index contributed by atoms with van der Waals surface area (Å²) in [5.41, 5.74) is 16.5. The van der Waals surface area contributed by atoms with Gasteiger partial charge in [0, 0.05) is 46.2 Å². The van der Waals surface area contributed by atoms with Gasteiger partial charge >= 0.3 is 0 Å². The van der Waals surface area contributed by atoms with E-state index in [0.29, 0.717) is 23.7 Å². The van der Waals surface area contributed by atoms with Crippen LogP contribution in [0.1, 0.15) is 129 Å². The van der Waals surface area contributed by atoms with E-state index in [1.807, 2.05) is 28.4 Å². The minimum atomic E-state index is 0.592. The Hall–Kier alpha value is -3.14. The van der Waals surface area contributed by atoms with E-state index in [9.17, 15) is 0 Å². The Morgan fingerprint density at radius 3 is 1.19 bits per heavy atom. The smallest absolute Gasteiger partial charge is 0.126 e. The number of methoxy groups -OCH3 is 4. The molecule has 2 saturated carbocycles. The molecule has 4 aliphatic carbocycles. The van der Waals surface area contributed by atoms with Crippen LogP contribution in [0.15, 0.2) is 12.1 Å². The van der Waals surface area contributed by atoms with E-state index < -0.39 is 0 Å². The molecular weight excluding hydrogens is 520 g/mol. The van der Waals surface area contributed by atoms with Crippen LogP contribution in [-0.4, -0.2) is 28.4 Å². The first-order valence-electron chi connectivity index (χ1n) is 15.9. The SMILES string of the molecule is COc1cc(Cc2c(C)c(C)c(C)c(C)c2Cc2cc(OC)c3c(c2OC)C2CCC3C2)c(OC)c2c1C1CCC2C1. The van der Waals surface area contributed by atoms with Crippen LogP contribution < -0.4 is 18.9 Å². The quantitative estimate of drug-likeness (QED) is 0.273. The normalized spacial score (nSPS) is 22.9. The van der Waals surface area contributed by atoms with Gasteiger partial charge in [-0.1, -0.05) is 0 Å². The largest absolute Gasteiger partial charge is 0.496 e. The average Bonchev–Trinajstić information content (AvgIpc) is 3.82. The molecule has 42 heavy (non-hydrogen) atoms. The predicted molar refractivity (Wildman–Crippen MR) is 169 cm³/mol. The van der Waals surface area contributed by atoms with Gasteiger partial charge in [-0.3, -0.25) is 0 Å². The third-order valence-corrected chi connectivity index (χ3v) is 11.8. The van der Waals surface area contributed by atoms with Crippen LogP contribution >= 0.6 is 0 Å². The Labute approximate surface area is 251 Å². The first-order chi connectivity index (χ1) is 20.3. The molecule has 0 heterocycles. The topological polar surface area (TPSA) is 36.9 Å². The molecule has 0 spiro atoms. The Bertz CT molecular complexity index is 1480. The van der Waals surface area contributed by atoms with Crippen molar-refractivity contribution >= 4 is 0 Å². The van der Waals surface area contributed by atoms with Crippen LogP contribution in [0, 0.1) is 27.7 Å². The highest BCUT2D eigenvalue weighted by Crippen LogP contribution is 2.61. The number of hydrogen-bond donors (Lipinski definition) is 0. The second kappa shape index (κ2) is 10.2. The van der Waals surface area contributed by atoms with E-state index in [1.165, 1.54) is 105 Å². The van der Waals surface area contributed by atoms with Gasteiger partial charge in [-0.2, -0.15) is 0 Å². The molecule has 2 fully saturated rings. The van der Waals surface area contributed by atoms with Gasteiger partial charge in [-0.05, 0) is 135 Å². The molecule has 0 N–H and O–H groups in total. The monoisotopic (exact) mass is 566 g/mol. The van der Waals surface area contributed by atoms with E-state index in [2.05, 4.69) is 39.8 Å². The van der Waals surface area contributed by atoms with Crippen molar-refractivity contribution < 1.29 is 18.9 Å². The minimum absolute atomic E-state index is 0.592. The molecule has 4 unspecified atom stereocenters. The minimum Gasteiger partial charge on any atom is -0.496 e. The number of fused-ring (bicyclic) bond motifs is 10. The van der Waals surface area contributed by atoms with Crippen molar-refractivity contribution in [2.75, 3.05) is 28.4 Å². The van der Waals surface area contributed by atoms with E-state index in [-0.39, 0.29) is 0 Å². The van der Waals surface area contributed by atoms with Crippen molar-refractivity contribution in [1.82, 2.24) is 0 Å². The maximum Gasteiger partial charge on any atom is 0.126 e. The van der Waals surface area contributed by atoms with Crippen molar-refractivity contribution in [1.29, 1.82) is 0 Å². The summed E-state index contributed by atoms with van der Waals surface area (Å²) in [6.45, 7) is 9.17. The first kappa shape index (κ1) is 27.7. The lowest BCUT2D eigenvalue weighted by molar-refractivity contribution is 0.387. The highest BCUT2D eigenvalue weighted by molar-refractivity contribution is 5.65. The third kappa shape index (κ3) is 3.86. The van der Waals surface area contributed by atoms with E-state index in [4.69, 9.17) is 18.9 Å². The van der Waals surface area contributed by atoms with Crippen LogP contribution in [0.5, 0.6) is 23.0 Å². The molecule has 7 rings (SSSR count). The molecule has 0 aromatic heterocycles. The standard InChI is InChI=1S/C38H46O4/c1-19-20(2)22(4)30(16-28-18-32(40-6)34-24-10-12-26(14-24)36(34)38(28)42-8)29(21(19)3)15-27-17-31(39-5)33-23-9-11-25(13-23)35(33)37(27)41-7/h17-18,23-26H,9-16H2,1-8H3. The van der Waals surface area contributed by atoms with Crippen LogP contribution in [0.4, 0.5) is 0 Å². The highest BCUT2D eigenvalue weighted by Gasteiger charge is 2.43. The Morgan fingerprint density at radius 1 is 0.500 bits per heavy atom. The zero-order valence-corrected chi connectivity index (χ0v) is 26.8. The second-order valence-corrected chi connectivity index (χ2v) is 13.4. The molecular formula is C38H46O4. The number of hydrogen-bond acceptors (Lipinski definition) is 4. The molecule has 0 amide bonds. The summed E-state index contributed by atoms with van der Waals surface area (Å²) in [7, 11) is 7.36. The van der Waals surface area contributed by atoms with Gasteiger partial charge in [0.15, 0.2) is 0 Å². The third-order valence-electron chi connectivity index (χ3n) is 11.8. The summed E-state index contributed by atoms with van der Waals surface area (Å²) >= 11 is 0. The molecule has 4 bridgehead atoms. The summed E-state index contributed by atoms with van der Waals surface area (Å²) in [5.74, 6) is 6.69. The first-order valence-corrected chi connectivity index (χ1v) is 15.9. The number of ether oxygens (including phenoxy) is 4.